The number of rotatable bonds is 12. The number of carbonyl (C=O) groups is 1. The summed E-state index contributed by atoms with van der Waals surface area (Å²) in [6.07, 6.45) is 5.75. The molecule has 2 atom stereocenters. The molecule has 0 saturated heterocycles. The molecule has 1 fully saturated rings. The Bertz CT molecular complexity index is 820. The van der Waals surface area contributed by atoms with Crippen LogP contribution in [0.15, 0.2) is 54.6 Å². The summed E-state index contributed by atoms with van der Waals surface area (Å²) >= 11 is 0. The van der Waals surface area contributed by atoms with Crippen molar-refractivity contribution in [3.05, 3.63) is 65.7 Å². The summed E-state index contributed by atoms with van der Waals surface area (Å²) < 4.78 is 0. The maximum Gasteiger partial charge on any atom is 0.253 e. The summed E-state index contributed by atoms with van der Waals surface area (Å²) in [4.78, 5) is 13.1. The Labute approximate surface area is 186 Å². The van der Waals surface area contributed by atoms with Crippen molar-refractivity contribution in [1.29, 1.82) is 0 Å². The van der Waals surface area contributed by atoms with Gasteiger partial charge in [-0.3, -0.25) is 4.79 Å². The zero-order chi connectivity index (χ0) is 22.1. The molecule has 5 heteroatoms. The summed E-state index contributed by atoms with van der Waals surface area (Å²) in [6.45, 7) is 5.43. The standard InChI is InChI=1S/C26H37N3O2/c1-3-15-26(16-10-17-26)28-19-24(30)23(18-20-11-6-5-7-12-20)29-25(31)21-13-8-9-14-22(21)27-4-2/h5-9,11-14,23-24,27-28,30H,3-4,10,15-19H2,1-2H3,(H,29,31)/t23-,24+/m0/s1. The van der Waals surface area contributed by atoms with Crippen molar-refractivity contribution >= 4 is 11.6 Å². The number of amides is 1. The molecule has 31 heavy (non-hydrogen) atoms. The topological polar surface area (TPSA) is 73.4 Å². The lowest BCUT2D eigenvalue weighted by molar-refractivity contribution is 0.0747. The number of nitrogens with one attached hydrogen (secondary N) is 3. The van der Waals surface area contributed by atoms with Crippen LogP contribution in [0.3, 0.4) is 0 Å². The molecule has 0 radical (unpaired) electrons. The molecule has 0 bridgehead atoms. The maximum atomic E-state index is 13.1. The first-order valence-corrected chi connectivity index (χ1v) is 11.7. The molecule has 1 aliphatic carbocycles. The lowest BCUT2D eigenvalue weighted by atomic mass is 9.73. The number of anilines is 1. The molecule has 0 aliphatic heterocycles. The van der Waals surface area contributed by atoms with Gasteiger partial charge in [-0.2, -0.15) is 0 Å². The summed E-state index contributed by atoms with van der Waals surface area (Å²) in [7, 11) is 0. The first-order chi connectivity index (χ1) is 15.1. The van der Waals surface area contributed by atoms with Gasteiger partial charge in [0.2, 0.25) is 0 Å². The number of β-amino-alcohol motifs (C(OH)–C–C–N with tert-alkyl or cyclic N) is 1. The van der Waals surface area contributed by atoms with Crippen molar-refractivity contribution < 1.29 is 9.90 Å². The Kier molecular flexibility index (Phi) is 8.50. The molecule has 0 aromatic heterocycles. The monoisotopic (exact) mass is 423 g/mol. The number of para-hydroxylation sites is 1. The number of carbonyl (C=O) groups excluding carboxylic acids is 1. The first-order valence-electron chi connectivity index (χ1n) is 11.7. The van der Waals surface area contributed by atoms with Gasteiger partial charge in [0.25, 0.3) is 5.91 Å². The SMILES string of the molecule is CCCC1(NC[C@@H](O)[C@H](Cc2ccccc2)NC(=O)c2ccccc2NCC)CCC1. The molecule has 0 spiro atoms. The Morgan fingerprint density at radius 2 is 1.77 bits per heavy atom. The Morgan fingerprint density at radius 3 is 2.42 bits per heavy atom. The van der Waals surface area contributed by atoms with Crippen LogP contribution in [0.5, 0.6) is 0 Å². The third-order valence-corrected chi connectivity index (χ3v) is 6.34. The van der Waals surface area contributed by atoms with Crippen LogP contribution in [0.2, 0.25) is 0 Å². The summed E-state index contributed by atoms with van der Waals surface area (Å²) in [5.74, 6) is -0.163. The van der Waals surface area contributed by atoms with Gasteiger partial charge in [0.1, 0.15) is 0 Å². The third-order valence-electron chi connectivity index (χ3n) is 6.34. The molecule has 4 N–H and O–H groups in total. The minimum Gasteiger partial charge on any atom is -0.390 e. The van der Waals surface area contributed by atoms with Gasteiger partial charge in [-0.1, -0.05) is 55.8 Å². The molecular weight excluding hydrogens is 386 g/mol. The number of aliphatic hydroxyl groups is 1. The average Bonchev–Trinajstić information content (AvgIpc) is 2.76. The second-order valence-electron chi connectivity index (χ2n) is 8.68. The molecule has 168 valence electrons. The molecule has 1 aliphatic rings. The van der Waals surface area contributed by atoms with E-state index in [-0.39, 0.29) is 17.5 Å². The van der Waals surface area contributed by atoms with E-state index in [2.05, 4.69) is 22.9 Å². The van der Waals surface area contributed by atoms with Crippen LogP contribution in [0.25, 0.3) is 0 Å². The van der Waals surface area contributed by atoms with Gasteiger partial charge in [-0.15, -0.1) is 0 Å². The third kappa shape index (κ3) is 6.31. The predicted octanol–water partition coefficient (Wildman–Crippen LogP) is 4.13. The normalized spacial score (nSPS) is 16.7. The smallest absolute Gasteiger partial charge is 0.253 e. The highest BCUT2D eigenvalue weighted by atomic mass is 16.3. The van der Waals surface area contributed by atoms with Crippen molar-refractivity contribution in [2.45, 2.75) is 70.1 Å². The maximum absolute atomic E-state index is 13.1. The van der Waals surface area contributed by atoms with E-state index in [0.29, 0.717) is 18.5 Å². The highest BCUT2D eigenvalue weighted by molar-refractivity contribution is 5.99. The van der Waals surface area contributed by atoms with Gasteiger partial charge in [-0.05, 0) is 56.7 Å². The van der Waals surface area contributed by atoms with Gasteiger partial charge in [0.15, 0.2) is 0 Å². The minimum absolute atomic E-state index is 0.161. The second kappa shape index (κ2) is 11.3. The van der Waals surface area contributed by atoms with E-state index in [1.54, 1.807) is 0 Å². The fourth-order valence-corrected chi connectivity index (χ4v) is 4.48. The van der Waals surface area contributed by atoms with E-state index in [4.69, 9.17) is 0 Å². The first kappa shape index (κ1) is 23.3. The minimum atomic E-state index is -0.676. The molecule has 2 aromatic rings. The van der Waals surface area contributed by atoms with Crippen molar-refractivity contribution in [3.63, 3.8) is 0 Å². The van der Waals surface area contributed by atoms with E-state index in [1.165, 1.54) is 19.3 Å². The van der Waals surface area contributed by atoms with Crippen LogP contribution in [-0.4, -0.2) is 41.8 Å². The predicted molar refractivity (Wildman–Crippen MR) is 128 cm³/mol. The summed E-state index contributed by atoms with van der Waals surface area (Å²) in [6, 6.07) is 17.2. The largest absolute Gasteiger partial charge is 0.390 e. The van der Waals surface area contributed by atoms with Gasteiger partial charge >= 0.3 is 0 Å². The second-order valence-corrected chi connectivity index (χ2v) is 8.68. The van der Waals surface area contributed by atoms with Crippen molar-refractivity contribution in [1.82, 2.24) is 10.6 Å². The number of aliphatic hydroxyl groups excluding tert-OH is 1. The van der Waals surface area contributed by atoms with E-state index in [0.717, 1.165) is 30.6 Å². The van der Waals surface area contributed by atoms with Gasteiger partial charge in [0.05, 0.1) is 17.7 Å². The average molecular weight is 424 g/mol. The lowest BCUT2D eigenvalue weighted by Crippen LogP contribution is -2.56. The van der Waals surface area contributed by atoms with Gasteiger partial charge in [0, 0.05) is 24.3 Å². The van der Waals surface area contributed by atoms with Crippen LogP contribution < -0.4 is 16.0 Å². The number of hydrogen-bond donors (Lipinski definition) is 4. The quantitative estimate of drug-likeness (QED) is 0.414. The highest BCUT2D eigenvalue weighted by Gasteiger charge is 2.36. The lowest BCUT2D eigenvalue weighted by Gasteiger charge is -2.44. The number of hydrogen-bond acceptors (Lipinski definition) is 4. The van der Waals surface area contributed by atoms with Crippen molar-refractivity contribution in [2.24, 2.45) is 0 Å². The van der Waals surface area contributed by atoms with Crippen LogP contribution >= 0.6 is 0 Å². The number of benzene rings is 2. The Balaban J connectivity index is 1.72. The van der Waals surface area contributed by atoms with Crippen LogP contribution in [0, 0.1) is 0 Å². The molecule has 0 heterocycles. The summed E-state index contributed by atoms with van der Waals surface area (Å²) in [5, 5.41) is 21.1. The van der Waals surface area contributed by atoms with E-state index in [1.807, 2.05) is 61.5 Å². The molecule has 5 nitrogen and oxygen atoms in total. The summed E-state index contributed by atoms with van der Waals surface area (Å²) in [5.41, 5.74) is 2.67. The Morgan fingerprint density at radius 1 is 1.06 bits per heavy atom. The van der Waals surface area contributed by atoms with Gasteiger partial charge < -0.3 is 21.1 Å². The molecular formula is C26H37N3O2. The van der Waals surface area contributed by atoms with Crippen molar-refractivity contribution in [3.8, 4) is 0 Å². The van der Waals surface area contributed by atoms with Crippen LogP contribution in [0.4, 0.5) is 5.69 Å². The molecule has 2 aromatic carbocycles. The molecule has 1 saturated carbocycles. The van der Waals surface area contributed by atoms with E-state index >= 15 is 0 Å². The molecule has 0 unspecified atom stereocenters. The molecule has 3 rings (SSSR count). The van der Waals surface area contributed by atoms with Crippen LogP contribution in [0.1, 0.15) is 61.9 Å². The molecule has 1 amide bonds. The highest BCUT2D eigenvalue weighted by Crippen LogP contribution is 2.35. The Hall–Kier alpha value is -2.37. The zero-order valence-corrected chi connectivity index (χ0v) is 18.9. The fourth-order valence-electron chi connectivity index (χ4n) is 4.48. The fraction of sp³-hybridized carbons (Fsp3) is 0.500. The van der Waals surface area contributed by atoms with Crippen LogP contribution in [-0.2, 0) is 6.42 Å². The van der Waals surface area contributed by atoms with E-state index in [9.17, 15) is 9.90 Å². The van der Waals surface area contributed by atoms with Gasteiger partial charge in [-0.25, -0.2) is 0 Å². The zero-order valence-electron chi connectivity index (χ0n) is 18.9. The van der Waals surface area contributed by atoms with Crippen molar-refractivity contribution in [2.75, 3.05) is 18.4 Å². The van der Waals surface area contributed by atoms with E-state index < -0.39 is 6.10 Å².